The summed E-state index contributed by atoms with van der Waals surface area (Å²) < 4.78 is 6.74. The van der Waals surface area contributed by atoms with Gasteiger partial charge in [0.1, 0.15) is 5.60 Å². The molecule has 4 nitrogen and oxygen atoms in total. The molecule has 0 aromatic heterocycles. The average molecular weight is 417 g/mol. The number of carbonyl (C=O) groups excluding carboxylic acids is 1. The molecule has 1 saturated heterocycles. The van der Waals surface area contributed by atoms with Crippen LogP contribution in [0.25, 0.3) is 5.57 Å². The number of allylic oxidation sites excluding steroid dienone is 2. The number of amides is 1. The van der Waals surface area contributed by atoms with Crippen LogP contribution in [0.1, 0.15) is 57.6 Å². The summed E-state index contributed by atoms with van der Waals surface area (Å²) in [4.78, 5) is 19.5. The third kappa shape index (κ3) is 3.34. The summed E-state index contributed by atoms with van der Waals surface area (Å²) in [5.41, 5.74) is 5.95. The highest BCUT2D eigenvalue weighted by molar-refractivity contribution is 9.10. The highest BCUT2D eigenvalue weighted by Crippen LogP contribution is 2.41. The monoisotopic (exact) mass is 416 g/mol. The molecule has 2 heterocycles. The van der Waals surface area contributed by atoms with Crippen LogP contribution < -0.4 is 0 Å². The van der Waals surface area contributed by atoms with Crippen LogP contribution >= 0.6 is 15.9 Å². The maximum absolute atomic E-state index is 12.6. The van der Waals surface area contributed by atoms with Crippen molar-refractivity contribution in [3.8, 4) is 0 Å². The minimum absolute atomic E-state index is 0.0781. The molecule has 0 bridgehead atoms. The number of fused-ring (bicyclic) bond motifs is 2. The van der Waals surface area contributed by atoms with Gasteiger partial charge in [-0.25, -0.2) is 4.79 Å². The number of carbonyl (C=O) groups is 1. The van der Waals surface area contributed by atoms with Crippen molar-refractivity contribution in [1.29, 1.82) is 0 Å². The second-order valence-electron chi connectivity index (χ2n) is 8.34. The SMILES string of the molecule is CC(C)(C)OC(=O)N1CCC[C@H]1C1=NC2=C(C1)c1ccc(Br)cc1CC2. The molecule has 0 saturated carbocycles. The number of hydrogen-bond donors (Lipinski definition) is 0. The van der Waals surface area contributed by atoms with Crippen LogP contribution in [0.15, 0.2) is 33.4 Å². The Morgan fingerprint density at radius 1 is 1.31 bits per heavy atom. The summed E-state index contributed by atoms with van der Waals surface area (Å²) >= 11 is 3.57. The molecule has 0 N–H and O–H groups in total. The van der Waals surface area contributed by atoms with Crippen molar-refractivity contribution in [2.24, 2.45) is 4.99 Å². The van der Waals surface area contributed by atoms with Crippen molar-refractivity contribution in [2.45, 2.75) is 64.5 Å². The Labute approximate surface area is 163 Å². The second kappa shape index (κ2) is 6.52. The smallest absolute Gasteiger partial charge is 0.410 e. The van der Waals surface area contributed by atoms with Crippen LogP contribution in [0.5, 0.6) is 0 Å². The van der Waals surface area contributed by atoms with Gasteiger partial charge in [0, 0.05) is 28.8 Å². The van der Waals surface area contributed by atoms with E-state index in [-0.39, 0.29) is 12.1 Å². The lowest BCUT2D eigenvalue weighted by atomic mass is 9.87. The standard InChI is InChI=1S/C21H25BrN2O2/c1-21(2,3)26-20(25)24-10-4-5-19(24)18-12-16-15-8-7-14(22)11-13(15)6-9-17(16)23-18/h7-8,11,19H,4-6,9-10,12H2,1-3H3/t19-/m0/s1. The fourth-order valence-corrected chi connectivity index (χ4v) is 4.59. The number of halogens is 1. The lowest BCUT2D eigenvalue weighted by Gasteiger charge is -2.28. The van der Waals surface area contributed by atoms with E-state index in [1.807, 2.05) is 25.7 Å². The van der Waals surface area contributed by atoms with Gasteiger partial charge in [-0.15, -0.1) is 0 Å². The molecule has 138 valence electrons. The number of likely N-dealkylation sites (tertiary alicyclic amines) is 1. The molecule has 4 rings (SSSR count). The predicted molar refractivity (Wildman–Crippen MR) is 107 cm³/mol. The average Bonchev–Trinajstić information content (AvgIpc) is 3.19. The topological polar surface area (TPSA) is 41.9 Å². The Bertz CT molecular complexity index is 820. The van der Waals surface area contributed by atoms with Gasteiger partial charge in [0.2, 0.25) is 0 Å². The highest BCUT2D eigenvalue weighted by atomic mass is 79.9. The zero-order valence-corrected chi connectivity index (χ0v) is 17.2. The number of benzene rings is 1. The van der Waals surface area contributed by atoms with E-state index in [0.29, 0.717) is 0 Å². The fourth-order valence-electron chi connectivity index (χ4n) is 4.18. The molecule has 1 amide bonds. The van der Waals surface area contributed by atoms with Crippen LogP contribution in [0, 0.1) is 0 Å². The molecule has 0 spiro atoms. The maximum atomic E-state index is 12.6. The van der Waals surface area contributed by atoms with Gasteiger partial charge in [0.05, 0.1) is 6.04 Å². The van der Waals surface area contributed by atoms with Crippen molar-refractivity contribution in [3.05, 3.63) is 39.5 Å². The third-order valence-electron chi connectivity index (χ3n) is 5.27. The first-order valence-corrected chi connectivity index (χ1v) is 10.2. The summed E-state index contributed by atoms with van der Waals surface area (Å²) in [5, 5.41) is 0. The van der Waals surface area contributed by atoms with Crippen molar-refractivity contribution < 1.29 is 9.53 Å². The zero-order chi connectivity index (χ0) is 18.5. The number of ether oxygens (including phenoxy) is 1. The van der Waals surface area contributed by atoms with E-state index in [4.69, 9.17) is 9.73 Å². The van der Waals surface area contributed by atoms with Gasteiger partial charge < -0.3 is 4.74 Å². The number of hydrogen-bond acceptors (Lipinski definition) is 3. The molecule has 1 aliphatic carbocycles. The molecule has 3 aliphatic rings. The molecule has 5 heteroatoms. The molecule has 1 fully saturated rings. The Hall–Kier alpha value is -1.62. The molecular formula is C21H25BrN2O2. The summed E-state index contributed by atoms with van der Waals surface area (Å²) in [6.07, 6.45) is 4.65. The molecule has 26 heavy (non-hydrogen) atoms. The second-order valence-corrected chi connectivity index (χ2v) is 9.25. The first kappa shape index (κ1) is 17.8. The quantitative estimate of drug-likeness (QED) is 0.618. The van der Waals surface area contributed by atoms with Gasteiger partial charge in [-0.3, -0.25) is 9.89 Å². The van der Waals surface area contributed by atoms with Crippen molar-refractivity contribution in [3.63, 3.8) is 0 Å². The van der Waals surface area contributed by atoms with E-state index in [0.717, 1.165) is 48.8 Å². The minimum atomic E-state index is -0.467. The van der Waals surface area contributed by atoms with Crippen LogP contribution in [-0.2, 0) is 11.2 Å². The number of rotatable bonds is 1. The molecular weight excluding hydrogens is 392 g/mol. The van der Waals surface area contributed by atoms with Crippen molar-refractivity contribution in [2.75, 3.05) is 6.54 Å². The Kier molecular flexibility index (Phi) is 4.46. The summed E-state index contributed by atoms with van der Waals surface area (Å²) in [6, 6.07) is 6.61. The first-order chi connectivity index (χ1) is 12.3. The summed E-state index contributed by atoms with van der Waals surface area (Å²) in [5.74, 6) is 0. The fraction of sp³-hybridized carbons (Fsp3) is 0.524. The van der Waals surface area contributed by atoms with Gasteiger partial charge in [0.15, 0.2) is 0 Å². The summed E-state index contributed by atoms with van der Waals surface area (Å²) in [6.45, 7) is 6.50. The van der Waals surface area contributed by atoms with E-state index >= 15 is 0 Å². The largest absolute Gasteiger partial charge is 0.444 e. The molecule has 1 atom stereocenters. The van der Waals surface area contributed by atoms with Crippen LogP contribution in [-0.4, -0.2) is 34.9 Å². The van der Waals surface area contributed by atoms with Crippen molar-refractivity contribution in [1.82, 2.24) is 4.90 Å². The third-order valence-corrected chi connectivity index (χ3v) is 5.77. The minimum Gasteiger partial charge on any atom is -0.444 e. The Morgan fingerprint density at radius 3 is 2.88 bits per heavy atom. The van der Waals surface area contributed by atoms with Gasteiger partial charge >= 0.3 is 6.09 Å². The molecule has 0 unspecified atom stereocenters. The summed E-state index contributed by atoms with van der Waals surface area (Å²) in [7, 11) is 0. The predicted octanol–water partition coefficient (Wildman–Crippen LogP) is 5.35. The van der Waals surface area contributed by atoms with Gasteiger partial charge in [-0.05, 0) is 75.3 Å². The maximum Gasteiger partial charge on any atom is 0.410 e. The normalized spacial score (nSPS) is 22.2. The Balaban J connectivity index is 1.54. The zero-order valence-electron chi connectivity index (χ0n) is 15.6. The van der Waals surface area contributed by atoms with E-state index in [2.05, 4.69) is 34.1 Å². The van der Waals surface area contributed by atoms with Crippen LogP contribution in [0.3, 0.4) is 0 Å². The van der Waals surface area contributed by atoms with Gasteiger partial charge in [0.25, 0.3) is 0 Å². The molecule has 0 radical (unpaired) electrons. The van der Waals surface area contributed by atoms with E-state index in [1.165, 1.54) is 22.4 Å². The molecule has 2 aliphatic heterocycles. The lowest BCUT2D eigenvalue weighted by molar-refractivity contribution is 0.0265. The van der Waals surface area contributed by atoms with E-state index in [9.17, 15) is 4.79 Å². The van der Waals surface area contributed by atoms with Crippen molar-refractivity contribution >= 4 is 33.3 Å². The van der Waals surface area contributed by atoms with Gasteiger partial charge in [-0.1, -0.05) is 22.0 Å². The first-order valence-electron chi connectivity index (χ1n) is 9.40. The Morgan fingerprint density at radius 2 is 2.12 bits per heavy atom. The molecule has 1 aromatic carbocycles. The van der Waals surface area contributed by atoms with Crippen LogP contribution in [0.4, 0.5) is 4.79 Å². The van der Waals surface area contributed by atoms with E-state index in [1.54, 1.807) is 0 Å². The number of aliphatic imine (C=N–C) groups is 1. The number of aryl methyl sites for hydroxylation is 1. The lowest BCUT2D eigenvalue weighted by Crippen LogP contribution is -2.43. The number of nitrogens with zero attached hydrogens (tertiary/aromatic N) is 2. The van der Waals surface area contributed by atoms with E-state index < -0.39 is 5.60 Å². The van der Waals surface area contributed by atoms with Gasteiger partial charge in [-0.2, -0.15) is 0 Å². The molecule has 1 aromatic rings. The van der Waals surface area contributed by atoms with Crippen LogP contribution in [0.2, 0.25) is 0 Å². The highest BCUT2D eigenvalue weighted by Gasteiger charge is 2.38.